The van der Waals surface area contributed by atoms with E-state index >= 15 is 0 Å². The van der Waals surface area contributed by atoms with Crippen LogP contribution in [0, 0.1) is 5.41 Å². The van der Waals surface area contributed by atoms with Gasteiger partial charge in [-0.3, -0.25) is 0 Å². The quantitative estimate of drug-likeness (QED) is 0.121. The molecule has 0 saturated heterocycles. The minimum atomic E-state index is -0.547. The molecule has 8 rings (SSSR count). The lowest BCUT2D eigenvalue weighted by atomic mass is 9.65. The van der Waals surface area contributed by atoms with E-state index in [1.165, 1.54) is 72.4 Å². The topological polar surface area (TPSA) is 0 Å². The SMILES string of the molecule is C/C=C(\C=C/C(C)(C)C)C1(C2=CC=C(C)C=C=C2)c2ccccc2-c2cc3c(cc21)-c1ccccc1C3(c1ccc(Br)cc1)c1ccc(Br)cc1. The second-order valence-electron chi connectivity index (χ2n) is 15.0. The van der Waals surface area contributed by atoms with Gasteiger partial charge in [0.1, 0.15) is 0 Å². The van der Waals surface area contributed by atoms with Crippen LogP contribution in [0.2, 0.25) is 0 Å². The summed E-state index contributed by atoms with van der Waals surface area (Å²) in [7, 11) is 0. The van der Waals surface area contributed by atoms with Gasteiger partial charge in [0.05, 0.1) is 10.8 Å². The molecule has 51 heavy (non-hydrogen) atoms. The minimum Gasteiger partial charge on any atom is -0.120 e. The van der Waals surface area contributed by atoms with Crippen molar-refractivity contribution in [2.45, 2.75) is 45.4 Å². The fourth-order valence-corrected chi connectivity index (χ4v) is 9.14. The second-order valence-corrected chi connectivity index (χ2v) is 16.8. The van der Waals surface area contributed by atoms with Crippen molar-refractivity contribution in [1.29, 1.82) is 0 Å². The van der Waals surface area contributed by atoms with Crippen LogP contribution in [0.1, 0.15) is 68.0 Å². The Hall–Kier alpha value is -4.46. The number of hydrogen-bond acceptors (Lipinski definition) is 0. The van der Waals surface area contributed by atoms with Gasteiger partial charge in [-0.05, 0) is 140 Å². The Balaban J connectivity index is 1.53. The van der Waals surface area contributed by atoms with Gasteiger partial charge in [-0.25, -0.2) is 0 Å². The molecule has 1 unspecified atom stereocenters. The average molecular weight is 789 g/mol. The fraction of sp³-hybridized carbons (Fsp3) is 0.163. The number of hydrogen-bond donors (Lipinski definition) is 0. The molecule has 0 fully saturated rings. The van der Waals surface area contributed by atoms with Gasteiger partial charge < -0.3 is 0 Å². The van der Waals surface area contributed by atoms with E-state index < -0.39 is 10.8 Å². The van der Waals surface area contributed by atoms with E-state index in [0.29, 0.717) is 0 Å². The molecular formula is C49H40Br2. The molecule has 5 aromatic carbocycles. The van der Waals surface area contributed by atoms with Crippen LogP contribution in [0.4, 0.5) is 0 Å². The highest BCUT2D eigenvalue weighted by Crippen LogP contribution is 2.63. The third kappa shape index (κ3) is 5.23. The summed E-state index contributed by atoms with van der Waals surface area (Å²) in [6.07, 6.45) is 15.9. The highest BCUT2D eigenvalue weighted by atomic mass is 79.9. The third-order valence-corrected chi connectivity index (χ3v) is 11.8. The molecule has 250 valence electrons. The van der Waals surface area contributed by atoms with Crippen LogP contribution >= 0.6 is 31.9 Å². The summed E-state index contributed by atoms with van der Waals surface area (Å²) in [5, 5.41) is 0. The number of rotatable bonds is 5. The molecule has 0 bridgehead atoms. The summed E-state index contributed by atoms with van der Waals surface area (Å²) >= 11 is 7.45. The van der Waals surface area contributed by atoms with E-state index in [1.807, 2.05) is 0 Å². The second kappa shape index (κ2) is 12.6. The van der Waals surface area contributed by atoms with E-state index in [0.717, 1.165) is 8.95 Å². The van der Waals surface area contributed by atoms with Gasteiger partial charge in [0.2, 0.25) is 0 Å². The summed E-state index contributed by atoms with van der Waals surface area (Å²) in [6, 6.07) is 41.1. The molecule has 0 amide bonds. The first-order valence-electron chi connectivity index (χ1n) is 17.7. The summed E-state index contributed by atoms with van der Waals surface area (Å²) in [4.78, 5) is 0. The maximum atomic E-state index is 3.73. The maximum Gasteiger partial charge on any atom is 0.0716 e. The van der Waals surface area contributed by atoms with Crippen LogP contribution < -0.4 is 0 Å². The third-order valence-electron chi connectivity index (χ3n) is 10.8. The standard InChI is InChI=1S/C49H40Br2/c1-6-33(28-29-47(3,4)5)48(34-13-11-12-32(2)18-19-34)43-16-9-7-14-39(43)41-31-46-42(30-45(41)48)40-15-8-10-17-44(40)49(46,35-20-24-37(50)25-21-35)36-22-26-38(51)27-23-36/h6-10,12-31H,1-5H3/b29-28-,33-6+. The zero-order valence-corrected chi connectivity index (χ0v) is 32.9. The molecule has 0 saturated carbocycles. The Labute approximate surface area is 319 Å². The van der Waals surface area contributed by atoms with Crippen LogP contribution in [-0.4, -0.2) is 0 Å². The monoisotopic (exact) mass is 786 g/mol. The van der Waals surface area contributed by atoms with Crippen molar-refractivity contribution in [3.05, 3.63) is 217 Å². The smallest absolute Gasteiger partial charge is 0.0716 e. The molecular weight excluding hydrogens is 748 g/mol. The zero-order valence-electron chi connectivity index (χ0n) is 29.7. The molecule has 1 atom stereocenters. The van der Waals surface area contributed by atoms with Gasteiger partial charge in [-0.1, -0.05) is 156 Å². The Bertz CT molecular complexity index is 2350. The van der Waals surface area contributed by atoms with Crippen molar-refractivity contribution >= 4 is 31.9 Å². The van der Waals surface area contributed by atoms with E-state index in [2.05, 4.69) is 224 Å². The summed E-state index contributed by atoms with van der Waals surface area (Å²) in [5.74, 6) is 0. The lowest BCUT2D eigenvalue weighted by Crippen LogP contribution is -2.30. The van der Waals surface area contributed by atoms with Gasteiger partial charge >= 0.3 is 0 Å². The number of benzene rings is 5. The largest absolute Gasteiger partial charge is 0.120 e. The normalized spacial score (nSPS) is 18.5. The summed E-state index contributed by atoms with van der Waals surface area (Å²) in [5.41, 5.74) is 19.0. The molecule has 5 aromatic rings. The molecule has 3 aliphatic carbocycles. The number of halogens is 2. The molecule has 0 aliphatic heterocycles. The molecule has 2 heteroatoms. The molecule has 0 nitrogen and oxygen atoms in total. The van der Waals surface area contributed by atoms with Crippen molar-refractivity contribution in [1.82, 2.24) is 0 Å². The molecule has 0 N–H and O–H groups in total. The molecule has 0 heterocycles. The first-order valence-corrected chi connectivity index (χ1v) is 19.3. The van der Waals surface area contributed by atoms with Crippen LogP contribution in [0.25, 0.3) is 22.3 Å². The van der Waals surface area contributed by atoms with Gasteiger partial charge in [0.15, 0.2) is 0 Å². The van der Waals surface area contributed by atoms with Gasteiger partial charge in [0, 0.05) is 8.95 Å². The maximum absolute atomic E-state index is 3.73. The van der Waals surface area contributed by atoms with Crippen LogP contribution in [-0.2, 0) is 10.8 Å². The zero-order chi connectivity index (χ0) is 35.5. The Morgan fingerprint density at radius 2 is 1.18 bits per heavy atom. The number of allylic oxidation sites excluding steroid dienone is 9. The van der Waals surface area contributed by atoms with Gasteiger partial charge in [0.25, 0.3) is 0 Å². The van der Waals surface area contributed by atoms with Crippen LogP contribution in [0.5, 0.6) is 0 Å². The molecule has 0 spiro atoms. The lowest BCUT2D eigenvalue weighted by Gasteiger charge is -2.36. The highest BCUT2D eigenvalue weighted by Gasteiger charge is 2.51. The lowest BCUT2D eigenvalue weighted by molar-refractivity contribution is 0.543. The van der Waals surface area contributed by atoms with Crippen molar-refractivity contribution in [3.8, 4) is 22.3 Å². The Kier molecular flexibility index (Phi) is 8.35. The van der Waals surface area contributed by atoms with E-state index in [1.54, 1.807) is 0 Å². The first-order chi connectivity index (χ1) is 24.6. The van der Waals surface area contributed by atoms with Crippen LogP contribution in [0.15, 0.2) is 183 Å². The minimum absolute atomic E-state index is 0.0201. The van der Waals surface area contributed by atoms with E-state index in [4.69, 9.17) is 0 Å². The summed E-state index contributed by atoms with van der Waals surface area (Å²) < 4.78 is 2.14. The predicted molar refractivity (Wildman–Crippen MR) is 222 cm³/mol. The average Bonchev–Trinajstić information content (AvgIpc) is 3.45. The van der Waals surface area contributed by atoms with Crippen molar-refractivity contribution in [2.75, 3.05) is 0 Å². The fourth-order valence-electron chi connectivity index (χ4n) is 8.61. The highest BCUT2D eigenvalue weighted by molar-refractivity contribution is 9.10. The van der Waals surface area contributed by atoms with Gasteiger partial charge in [-0.15, -0.1) is 5.73 Å². The van der Waals surface area contributed by atoms with E-state index in [-0.39, 0.29) is 5.41 Å². The van der Waals surface area contributed by atoms with Crippen molar-refractivity contribution in [3.63, 3.8) is 0 Å². The van der Waals surface area contributed by atoms with Crippen molar-refractivity contribution in [2.24, 2.45) is 5.41 Å². The van der Waals surface area contributed by atoms with Crippen molar-refractivity contribution < 1.29 is 0 Å². The molecule has 3 aliphatic rings. The summed E-state index contributed by atoms with van der Waals surface area (Å²) in [6.45, 7) is 11.2. The number of fused-ring (bicyclic) bond motifs is 6. The molecule has 0 radical (unpaired) electrons. The first kappa shape index (κ1) is 33.7. The Morgan fingerprint density at radius 1 is 0.627 bits per heavy atom. The van der Waals surface area contributed by atoms with E-state index in [9.17, 15) is 0 Å². The van der Waals surface area contributed by atoms with Gasteiger partial charge in [-0.2, -0.15) is 0 Å². The van der Waals surface area contributed by atoms with Crippen LogP contribution in [0.3, 0.4) is 0 Å². The molecule has 0 aromatic heterocycles. The Morgan fingerprint density at radius 3 is 1.78 bits per heavy atom. The predicted octanol–water partition coefficient (Wildman–Crippen LogP) is 14.0.